The number of fused-ring (bicyclic) bond motifs is 1. The molecule has 0 aromatic heterocycles. The minimum Gasteiger partial charge on any atom is -0.496 e. The summed E-state index contributed by atoms with van der Waals surface area (Å²) in [5, 5.41) is 2.44. The average molecular weight is 397 g/mol. The standard InChI is InChI=1S/C28H28O2/c1-6-20-17-19(3)28(30-5)27-23(20)13-14-24(26(27)21-10-8-7-9-11-21)22-12-15-25(29-4)18(2)16-22/h7-17H,6H2,1-5H3. The fourth-order valence-electron chi connectivity index (χ4n) is 4.45. The molecule has 0 bridgehead atoms. The second-order valence-corrected chi connectivity index (χ2v) is 7.70. The monoisotopic (exact) mass is 396 g/mol. The third-order valence-corrected chi connectivity index (χ3v) is 5.88. The lowest BCUT2D eigenvalue weighted by atomic mass is 9.86. The summed E-state index contributed by atoms with van der Waals surface area (Å²) in [5.41, 5.74) is 8.42. The SMILES string of the molecule is CCc1cc(C)c(OC)c2c(-c3ccccc3)c(-c3ccc(OC)c(C)c3)ccc12. The predicted octanol–water partition coefficient (Wildman–Crippen LogP) is 7.37. The van der Waals surface area contributed by atoms with Gasteiger partial charge in [0.05, 0.1) is 14.2 Å². The van der Waals surface area contributed by atoms with E-state index in [1.807, 2.05) is 0 Å². The van der Waals surface area contributed by atoms with Crippen LogP contribution in [0.25, 0.3) is 33.0 Å². The van der Waals surface area contributed by atoms with Gasteiger partial charge in [-0.1, -0.05) is 61.5 Å². The van der Waals surface area contributed by atoms with E-state index in [0.29, 0.717) is 0 Å². The Morgan fingerprint density at radius 1 is 0.733 bits per heavy atom. The van der Waals surface area contributed by atoms with Crippen molar-refractivity contribution >= 4 is 10.8 Å². The normalized spacial score (nSPS) is 11.0. The van der Waals surface area contributed by atoms with Crippen molar-refractivity contribution in [3.8, 4) is 33.8 Å². The van der Waals surface area contributed by atoms with Crippen molar-refractivity contribution in [2.24, 2.45) is 0 Å². The minimum absolute atomic E-state index is 0.905. The number of hydrogen-bond acceptors (Lipinski definition) is 2. The summed E-state index contributed by atoms with van der Waals surface area (Å²) in [5.74, 6) is 1.86. The maximum atomic E-state index is 5.95. The lowest BCUT2D eigenvalue weighted by molar-refractivity contribution is 0.412. The van der Waals surface area contributed by atoms with Crippen molar-refractivity contribution in [1.29, 1.82) is 0 Å². The molecule has 0 aliphatic rings. The fraction of sp³-hybridized carbons (Fsp3) is 0.214. The quantitative estimate of drug-likeness (QED) is 0.350. The molecule has 2 nitrogen and oxygen atoms in total. The van der Waals surface area contributed by atoms with Crippen molar-refractivity contribution in [2.45, 2.75) is 27.2 Å². The number of rotatable bonds is 5. The van der Waals surface area contributed by atoms with E-state index in [0.717, 1.165) is 23.5 Å². The van der Waals surface area contributed by atoms with Gasteiger partial charge in [0.25, 0.3) is 0 Å². The first-order chi connectivity index (χ1) is 14.6. The molecule has 0 aliphatic heterocycles. The van der Waals surface area contributed by atoms with Gasteiger partial charge in [0.1, 0.15) is 11.5 Å². The number of ether oxygens (including phenoxy) is 2. The highest BCUT2D eigenvalue weighted by Gasteiger charge is 2.19. The van der Waals surface area contributed by atoms with Crippen LogP contribution in [0.15, 0.2) is 66.7 Å². The van der Waals surface area contributed by atoms with Gasteiger partial charge in [0.15, 0.2) is 0 Å². The maximum Gasteiger partial charge on any atom is 0.130 e. The fourth-order valence-corrected chi connectivity index (χ4v) is 4.45. The topological polar surface area (TPSA) is 18.5 Å². The van der Waals surface area contributed by atoms with Crippen molar-refractivity contribution in [3.63, 3.8) is 0 Å². The van der Waals surface area contributed by atoms with Crippen molar-refractivity contribution in [2.75, 3.05) is 14.2 Å². The van der Waals surface area contributed by atoms with Crippen LogP contribution in [0.3, 0.4) is 0 Å². The summed E-state index contributed by atoms with van der Waals surface area (Å²) < 4.78 is 11.4. The van der Waals surface area contributed by atoms with Gasteiger partial charge >= 0.3 is 0 Å². The van der Waals surface area contributed by atoms with Crippen LogP contribution >= 0.6 is 0 Å². The van der Waals surface area contributed by atoms with Crippen LogP contribution in [0.4, 0.5) is 0 Å². The summed E-state index contributed by atoms with van der Waals surface area (Å²) in [6.45, 7) is 6.44. The van der Waals surface area contributed by atoms with Gasteiger partial charge in [-0.15, -0.1) is 0 Å². The Morgan fingerprint density at radius 2 is 1.50 bits per heavy atom. The Bertz CT molecular complexity index is 1210. The molecule has 0 fully saturated rings. The molecule has 4 aromatic rings. The highest BCUT2D eigenvalue weighted by atomic mass is 16.5. The highest BCUT2D eigenvalue weighted by Crippen LogP contribution is 2.45. The Labute approximate surface area is 179 Å². The first-order valence-corrected chi connectivity index (χ1v) is 10.4. The summed E-state index contributed by atoms with van der Waals surface area (Å²) in [4.78, 5) is 0. The van der Waals surface area contributed by atoms with Crippen LogP contribution in [0.5, 0.6) is 11.5 Å². The molecule has 0 N–H and O–H groups in total. The minimum atomic E-state index is 0.905. The van der Waals surface area contributed by atoms with Crippen LogP contribution in [0.1, 0.15) is 23.6 Å². The molecule has 4 aromatic carbocycles. The van der Waals surface area contributed by atoms with E-state index in [4.69, 9.17) is 9.47 Å². The molecule has 4 rings (SSSR count). The molecule has 0 aliphatic carbocycles. The molecule has 2 heteroatoms. The number of aryl methyl sites for hydroxylation is 3. The smallest absolute Gasteiger partial charge is 0.130 e. The van der Waals surface area contributed by atoms with E-state index in [2.05, 4.69) is 87.5 Å². The number of benzene rings is 4. The van der Waals surface area contributed by atoms with Crippen LogP contribution in [-0.4, -0.2) is 14.2 Å². The van der Waals surface area contributed by atoms with Crippen LogP contribution < -0.4 is 9.47 Å². The third kappa shape index (κ3) is 3.33. The molecule has 0 unspecified atom stereocenters. The summed E-state index contributed by atoms with van der Waals surface area (Å²) in [7, 11) is 3.49. The maximum absolute atomic E-state index is 5.95. The molecular weight excluding hydrogens is 368 g/mol. The van der Waals surface area contributed by atoms with E-state index in [1.54, 1.807) is 14.2 Å². The zero-order valence-corrected chi connectivity index (χ0v) is 18.4. The molecule has 0 amide bonds. The summed E-state index contributed by atoms with van der Waals surface area (Å²) in [6, 6.07) is 23.8. The van der Waals surface area contributed by atoms with E-state index in [-0.39, 0.29) is 0 Å². The van der Waals surface area contributed by atoms with Gasteiger partial charge < -0.3 is 9.47 Å². The molecule has 0 atom stereocenters. The van der Waals surface area contributed by atoms with Gasteiger partial charge in [-0.25, -0.2) is 0 Å². The first kappa shape index (κ1) is 20.0. The molecule has 0 saturated heterocycles. The molecule has 0 spiro atoms. The Kier molecular flexibility index (Phi) is 5.50. The van der Waals surface area contributed by atoms with Crippen molar-refractivity contribution in [3.05, 3.63) is 83.4 Å². The molecule has 0 saturated carbocycles. The van der Waals surface area contributed by atoms with E-state index in [1.165, 1.54) is 44.2 Å². The summed E-state index contributed by atoms with van der Waals surface area (Å²) >= 11 is 0. The average Bonchev–Trinajstić information content (AvgIpc) is 2.78. The zero-order valence-electron chi connectivity index (χ0n) is 18.4. The first-order valence-electron chi connectivity index (χ1n) is 10.4. The second-order valence-electron chi connectivity index (χ2n) is 7.70. The predicted molar refractivity (Wildman–Crippen MR) is 127 cm³/mol. The Balaban J connectivity index is 2.15. The van der Waals surface area contributed by atoms with Gasteiger partial charge in [-0.2, -0.15) is 0 Å². The highest BCUT2D eigenvalue weighted by molar-refractivity contribution is 6.09. The lowest BCUT2D eigenvalue weighted by Gasteiger charge is -2.20. The molecule has 30 heavy (non-hydrogen) atoms. The van der Waals surface area contributed by atoms with Gasteiger partial charge in [0.2, 0.25) is 0 Å². The van der Waals surface area contributed by atoms with E-state index in [9.17, 15) is 0 Å². The molecular formula is C28H28O2. The van der Waals surface area contributed by atoms with E-state index < -0.39 is 0 Å². The van der Waals surface area contributed by atoms with Crippen LogP contribution in [-0.2, 0) is 6.42 Å². The summed E-state index contributed by atoms with van der Waals surface area (Å²) in [6.07, 6.45) is 0.983. The molecule has 0 radical (unpaired) electrons. The van der Waals surface area contributed by atoms with Crippen LogP contribution in [0.2, 0.25) is 0 Å². The second kappa shape index (κ2) is 8.23. The van der Waals surface area contributed by atoms with E-state index >= 15 is 0 Å². The number of hydrogen-bond donors (Lipinski definition) is 0. The lowest BCUT2D eigenvalue weighted by Crippen LogP contribution is -1.97. The van der Waals surface area contributed by atoms with Gasteiger partial charge in [-0.05, 0) is 71.2 Å². The van der Waals surface area contributed by atoms with Crippen molar-refractivity contribution in [1.82, 2.24) is 0 Å². The largest absolute Gasteiger partial charge is 0.496 e. The molecule has 152 valence electrons. The Hall–Kier alpha value is -3.26. The molecule has 0 heterocycles. The zero-order chi connectivity index (χ0) is 21.3. The van der Waals surface area contributed by atoms with Crippen molar-refractivity contribution < 1.29 is 9.47 Å². The van der Waals surface area contributed by atoms with Gasteiger partial charge in [0, 0.05) is 10.9 Å². The third-order valence-electron chi connectivity index (χ3n) is 5.88. The van der Waals surface area contributed by atoms with Gasteiger partial charge in [-0.3, -0.25) is 0 Å². The number of methoxy groups -OCH3 is 2. The Morgan fingerprint density at radius 3 is 2.13 bits per heavy atom. The van der Waals surface area contributed by atoms with Crippen LogP contribution in [0, 0.1) is 13.8 Å².